The molecule has 0 aliphatic rings. The summed E-state index contributed by atoms with van der Waals surface area (Å²) in [5.74, 6) is -0.118. The molecule has 0 aliphatic heterocycles. The van der Waals surface area contributed by atoms with Crippen LogP contribution in [0.4, 0.5) is 0 Å². The number of halogens is 2. The van der Waals surface area contributed by atoms with E-state index in [2.05, 4.69) is 43.5 Å². The molecule has 1 aromatic rings. The number of nitrogens with two attached hydrogens (primary N) is 1. The van der Waals surface area contributed by atoms with Crippen LogP contribution in [-0.2, 0) is 4.79 Å². The Hall–Kier alpha value is -0.810. The molecule has 0 fully saturated rings. The predicted molar refractivity (Wildman–Crippen MR) is 107 cm³/mol. The molecule has 0 saturated carbocycles. The van der Waals surface area contributed by atoms with Gasteiger partial charge in [-0.15, -0.1) is 24.8 Å². The highest BCUT2D eigenvalue weighted by Gasteiger charge is 2.30. The zero-order valence-electron chi connectivity index (χ0n) is 15.4. The quantitative estimate of drug-likeness (QED) is 0.648. The molecule has 0 radical (unpaired) electrons. The highest BCUT2D eigenvalue weighted by Crippen LogP contribution is 2.21. The summed E-state index contributed by atoms with van der Waals surface area (Å²) in [6, 6.07) is 10.6. The minimum absolute atomic E-state index is 0. The molecule has 0 saturated heterocycles. The van der Waals surface area contributed by atoms with Crippen molar-refractivity contribution in [2.75, 3.05) is 6.54 Å². The molecule has 0 aromatic heterocycles. The van der Waals surface area contributed by atoms with Gasteiger partial charge >= 0.3 is 0 Å². The average Bonchev–Trinajstić information content (AvgIpc) is 2.51. The Labute approximate surface area is 159 Å². The molecule has 1 amide bonds. The van der Waals surface area contributed by atoms with Gasteiger partial charge < -0.3 is 16.4 Å². The maximum atomic E-state index is 12.0. The van der Waals surface area contributed by atoms with Gasteiger partial charge in [-0.2, -0.15) is 0 Å². The first-order chi connectivity index (χ1) is 10.2. The van der Waals surface area contributed by atoms with E-state index in [1.165, 1.54) is 5.56 Å². The minimum Gasteiger partial charge on any atom is -0.353 e. The van der Waals surface area contributed by atoms with Crippen molar-refractivity contribution in [3.8, 4) is 0 Å². The maximum Gasteiger partial charge on any atom is 0.239 e. The molecule has 140 valence electrons. The summed E-state index contributed by atoms with van der Waals surface area (Å²) in [6.45, 7) is 10.5. The van der Waals surface area contributed by atoms with E-state index in [4.69, 9.17) is 5.73 Å². The number of amides is 1. The molecular weight excluding hydrogens is 345 g/mol. The third kappa shape index (κ3) is 7.39. The molecule has 0 aliphatic carbocycles. The van der Waals surface area contributed by atoms with E-state index in [1.54, 1.807) is 13.8 Å². The first kappa shape index (κ1) is 25.4. The van der Waals surface area contributed by atoms with Crippen molar-refractivity contribution in [2.45, 2.75) is 64.6 Å². The number of rotatable bonds is 8. The van der Waals surface area contributed by atoms with Crippen LogP contribution in [0.1, 0.15) is 59.1 Å². The molecule has 4 nitrogen and oxygen atoms in total. The number of hydrogen-bond acceptors (Lipinski definition) is 3. The van der Waals surface area contributed by atoms with Crippen molar-refractivity contribution in [1.82, 2.24) is 10.6 Å². The van der Waals surface area contributed by atoms with E-state index >= 15 is 0 Å². The van der Waals surface area contributed by atoms with Gasteiger partial charge in [0.2, 0.25) is 5.91 Å². The Bertz CT molecular complexity index is 471. The van der Waals surface area contributed by atoms with Gasteiger partial charge in [-0.3, -0.25) is 4.79 Å². The monoisotopic (exact) mass is 377 g/mol. The van der Waals surface area contributed by atoms with Crippen LogP contribution in [-0.4, -0.2) is 23.5 Å². The van der Waals surface area contributed by atoms with Crippen molar-refractivity contribution >= 4 is 30.7 Å². The van der Waals surface area contributed by atoms with Crippen LogP contribution in [0, 0.1) is 0 Å². The molecule has 4 N–H and O–H groups in total. The van der Waals surface area contributed by atoms with Crippen LogP contribution < -0.4 is 16.4 Å². The molecule has 1 rings (SSSR count). The summed E-state index contributed by atoms with van der Waals surface area (Å²) in [5, 5.41) is 6.69. The summed E-state index contributed by atoms with van der Waals surface area (Å²) < 4.78 is 0. The normalized spacial score (nSPS) is 12.6. The van der Waals surface area contributed by atoms with Gasteiger partial charge in [0.15, 0.2) is 0 Å². The Morgan fingerprint density at radius 2 is 1.62 bits per heavy atom. The van der Waals surface area contributed by atoms with E-state index < -0.39 is 5.54 Å². The number of carbonyl (C=O) groups excluding carboxylic acids is 1. The van der Waals surface area contributed by atoms with Crippen LogP contribution in [0.15, 0.2) is 30.3 Å². The van der Waals surface area contributed by atoms with Crippen molar-refractivity contribution in [3.05, 3.63) is 35.9 Å². The third-order valence-electron chi connectivity index (χ3n) is 4.35. The fourth-order valence-corrected chi connectivity index (χ4v) is 2.52. The van der Waals surface area contributed by atoms with Gasteiger partial charge in [0, 0.05) is 18.1 Å². The van der Waals surface area contributed by atoms with Crippen LogP contribution in [0.25, 0.3) is 0 Å². The van der Waals surface area contributed by atoms with E-state index in [9.17, 15) is 4.79 Å². The van der Waals surface area contributed by atoms with Crippen molar-refractivity contribution in [2.24, 2.45) is 5.73 Å². The Morgan fingerprint density at radius 1 is 1.12 bits per heavy atom. The molecule has 1 unspecified atom stereocenters. The number of hydrogen-bond donors (Lipinski definition) is 3. The summed E-state index contributed by atoms with van der Waals surface area (Å²) >= 11 is 0. The van der Waals surface area contributed by atoms with Crippen molar-refractivity contribution in [3.63, 3.8) is 0 Å². The number of benzene rings is 1. The molecule has 6 heteroatoms. The molecule has 0 spiro atoms. The lowest BCUT2D eigenvalue weighted by Crippen LogP contribution is -2.57. The number of carbonyl (C=O) groups is 1. The van der Waals surface area contributed by atoms with Gasteiger partial charge in [-0.25, -0.2) is 0 Å². The van der Waals surface area contributed by atoms with Crippen molar-refractivity contribution in [1.29, 1.82) is 0 Å². The van der Waals surface area contributed by atoms with Gasteiger partial charge in [0.1, 0.15) is 0 Å². The summed E-state index contributed by atoms with van der Waals surface area (Å²) in [6.07, 6.45) is 1.87. The molecule has 0 bridgehead atoms. The van der Waals surface area contributed by atoms with E-state index in [0.717, 1.165) is 12.8 Å². The maximum absolute atomic E-state index is 12.0. The lowest BCUT2D eigenvalue weighted by Gasteiger charge is -2.37. The largest absolute Gasteiger partial charge is 0.353 e. The summed E-state index contributed by atoms with van der Waals surface area (Å²) in [5.41, 5.74) is 6.12. The zero-order chi connectivity index (χ0) is 16.8. The lowest BCUT2D eigenvalue weighted by atomic mass is 9.90. The van der Waals surface area contributed by atoms with Crippen LogP contribution in [0.3, 0.4) is 0 Å². The van der Waals surface area contributed by atoms with E-state index in [-0.39, 0.29) is 42.3 Å². The fourth-order valence-electron chi connectivity index (χ4n) is 2.52. The Morgan fingerprint density at radius 3 is 2.04 bits per heavy atom. The third-order valence-corrected chi connectivity index (χ3v) is 4.35. The summed E-state index contributed by atoms with van der Waals surface area (Å²) in [4.78, 5) is 12.0. The lowest BCUT2D eigenvalue weighted by molar-refractivity contribution is -0.125. The molecule has 24 heavy (non-hydrogen) atoms. The van der Waals surface area contributed by atoms with Crippen LogP contribution in [0.5, 0.6) is 0 Å². The second-order valence-corrected chi connectivity index (χ2v) is 6.67. The fraction of sp³-hybridized carbons (Fsp3) is 0.611. The van der Waals surface area contributed by atoms with Crippen LogP contribution in [0.2, 0.25) is 0 Å². The molecule has 0 heterocycles. The average molecular weight is 378 g/mol. The predicted octanol–water partition coefficient (Wildman–Crippen LogP) is 3.59. The smallest absolute Gasteiger partial charge is 0.239 e. The van der Waals surface area contributed by atoms with Gasteiger partial charge in [-0.1, -0.05) is 44.2 Å². The topological polar surface area (TPSA) is 67.2 Å². The highest BCUT2D eigenvalue weighted by atomic mass is 35.5. The van der Waals surface area contributed by atoms with E-state index in [0.29, 0.717) is 6.54 Å². The molecule has 1 aromatic carbocycles. The van der Waals surface area contributed by atoms with E-state index in [1.807, 2.05) is 18.2 Å². The van der Waals surface area contributed by atoms with Crippen LogP contribution >= 0.6 is 24.8 Å². The highest BCUT2D eigenvalue weighted by molar-refractivity contribution is 5.86. The summed E-state index contributed by atoms with van der Waals surface area (Å²) in [7, 11) is 0. The van der Waals surface area contributed by atoms with Gasteiger partial charge in [-0.05, 0) is 39.2 Å². The van der Waals surface area contributed by atoms with Gasteiger partial charge in [0.05, 0.1) is 5.54 Å². The first-order valence-corrected chi connectivity index (χ1v) is 8.14. The Balaban J connectivity index is 0. The van der Waals surface area contributed by atoms with Crippen molar-refractivity contribution < 1.29 is 4.79 Å². The van der Waals surface area contributed by atoms with Gasteiger partial charge in [0.25, 0.3) is 0 Å². The minimum atomic E-state index is -0.849. The Kier molecular flexibility index (Phi) is 11.6. The number of nitrogens with one attached hydrogen (secondary N) is 2. The second-order valence-electron chi connectivity index (χ2n) is 6.67. The second kappa shape index (κ2) is 10.9. The molecular formula is C18H33Cl2N3O. The SMILES string of the molecule is CCC(CC)(CNC(=O)C(C)(C)N)NC(C)c1ccccc1.Cl.Cl. The first-order valence-electron chi connectivity index (χ1n) is 8.14. The standard InChI is InChI=1S/C18H31N3O.2ClH/c1-6-18(7-2,13-20-16(22)17(4,5)19)21-14(3)15-11-9-8-10-12-15;;/h8-12,14,21H,6-7,13,19H2,1-5H3,(H,20,22);2*1H. The zero-order valence-corrected chi connectivity index (χ0v) is 17.0. The molecule has 1 atom stereocenters.